The van der Waals surface area contributed by atoms with E-state index in [-0.39, 0.29) is 25.6 Å². The van der Waals surface area contributed by atoms with Crippen molar-refractivity contribution in [2.75, 3.05) is 6.79 Å². The molecule has 0 radical (unpaired) electrons. The molecule has 0 unspecified atom stereocenters. The molecular formula is C28H23FN4O4. The van der Waals surface area contributed by atoms with Crippen LogP contribution >= 0.6 is 0 Å². The summed E-state index contributed by atoms with van der Waals surface area (Å²) in [5, 5.41) is 2.92. The Morgan fingerprint density at radius 1 is 0.946 bits per heavy atom. The molecule has 4 aromatic rings. The summed E-state index contributed by atoms with van der Waals surface area (Å²) in [6.45, 7) is 0.419. The molecule has 8 nitrogen and oxygen atoms in total. The summed E-state index contributed by atoms with van der Waals surface area (Å²) >= 11 is 0. The molecule has 0 bridgehead atoms. The van der Waals surface area contributed by atoms with Crippen molar-refractivity contribution in [3.63, 3.8) is 0 Å². The highest BCUT2D eigenvalue weighted by atomic mass is 19.1. The lowest BCUT2D eigenvalue weighted by atomic mass is 10.0. The molecule has 186 valence electrons. The quantitative estimate of drug-likeness (QED) is 0.394. The van der Waals surface area contributed by atoms with Gasteiger partial charge >= 0.3 is 0 Å². The first-order valence-corrected chi connectivity index (χ1v) is 11.6. The average molecular weight is 499 g/mol. The van der Waals surface area contributed by atoms with Crippen molar-refractivity contribution in [3.05, 3.63) is 120 Å². The fraction of sp³-hybridized carbons (Fsp3) is 0.143. The van der Waals surface area contributed by atoms with E-state index >= 15 is 0 Å². The smallest absolute Gasteiger partial charge is 0.275 e. The Balaban J connectivity index is 1.52. The lowest BCUT2D eigenvalue weighted by molar-refractivity contribution is -0.126. The van der Waals surface area contributed by atoms with E-state index in [1.807, 2.05) is 30.3 Å². The van der Waals surface area contributed by atoms with Gasteiger partial charge in [0.1, 0.15) is 17.6 Å². The zero-order valence-electron chi connectivity index (χ0n) is 19.7. The van der Waals surface area contributed by atoms with Crippen molar-refractivity contribution in [1.82, 2.24) is 20.2 Å². The van der Waals surface area contributed by atoms with Gasteiger partial charge < -0.3 is 19.7 Å². The molecule has 2 amide bonds. The lowest BCUT2D eigenvalue weighted by Crippen LogP contribution is -2.43. The van der Waals surface area contributed by atoms with Gasteiger partial charge in [-0.25, -0.2) is 9.37 Å². The minimum atomic E-state index is -1.08. The molecule has 0 spiro atoms. The number of halogens is 1. The molecule has 0 aliphatic carbocycles. The molecule has 1 atom stereocenters. The van der Waals surface area contributed by atoms with Crippen LogP contribution in [0.5, 0.6) is 11.5 Å². The largest absolute Gasteiger partial charge is 0.454 e. The van der Waals surface area contributed by atoms with E-state index < -0.39 is 23.7 Å². The summed E-state index contributed by atoms with van der Waals surface area (Å²) in [4.78, 5) is 37.0. The fourth-order valence-electron chi connectivity index (χ4n) is 4.07. The molecule has 5 rings (SSSR count). The highest BCUT2D eigenvalue weighted by molar-refractivity contribution is 5.96. The van der Waals surface area contributed by atoms with Crippen LogP contribution in [-0.4, -0.2) is 33.5 Å². The third kappa shape index (κ3) is 5.56. The van der Waals surface area contributed by atoms with Crippen molar-refractivity contribution in [1.29, 1.82) is 0 Å². The molecule has 37 heavy (non-hydrogen) atoms. The maximum Gasteiger partial charge on any atom is 0.275 e. The van der Waals surface area contributed by atoms with Crippen LogP contribution < -0.4 is 14.8 Å². The zero-order chi connectivity index (χ0) is 25.6. The minimum Gasteiger partial charge on any atom is -0.454 e. The van der Waals surface area contributed by atoms with Crippen molar-refractivity contribution >= 4 is 11.8 Å². The van der Waals surface area contributed by atoms with Crippen LogP contribution in [0.3, 0.4) is 0 Å². The van der Waals surface area contributed by atoms with Crippen molar-refractivity contribution < 1.29 is 23.5 Å². The predicted octanol–water partition coefficient (Wildman–Crippen LogP) is 4.04. The molecule has 3 aromatic carbocycles. The first-order valence-electron chi connectivity index (χ1n) is 11.6. The van der Waals surface area contributed by atoms with E-state index in [1.54, 1.807) is 18.2 Å². The van der Waals surface area contributed by atoms with E-state index in [0.29, 0.717) is 22.6 Å². The Labute approximate surface area is 212 Å². The maximum atomic E-state index is 13.8. The highest BCUT2D eigenvalue weighted by Gasteiger charge is 2.33. The number of nitrogens with zero attached hydrogens (tertiary/aromatic N) is 3. The van der Waals surface area contributed by atoms with Crippen LogP contribution in [0, 0.1) is 5.82 Å². The third-order valence-electron chi connectivity index (χ3n) is 5.89. The minimum absolute atomic E-state index is 0.0485. The molecule has 1 aliphatic heterocycles. The van der Waals surface area contributed by atoms with Gasteiger partial charge in [0.25, 0.3) is 5.91 Å². The number of hydrogen-bond donors (Lipinski definition) is 1. The van der Waals surface area contributed by atoms with Crippen molar-refractivity contribution in [2.45, 2.75) is 19.1 Å². The van der Waals surface area contributed by atoms with Gasteiger partial charge in [0, 0.05) is 25.5 Å². The van der Waals surface area contributed by atoms with Crippen molar-refractivity contribution in [3.8, 4) is 11.5 Å². The van der Waals surface area contributed by atoms with Crippen LogP contribution in [0.1, 0.15) is 33.2 Å². The van der Waals surface area contributed by atoms with Crippen LogP contribution in [0.4, 0.5) is 4.39 Å². The first-order chi connectivity index (χ1) is 18.1. The van der Waals surface area contributed by atoms with Gasteiger partial charge in [-0.15, -0.1) is 0 Å². The molecule has 0 saturated carbocycles. The molecule has 9 heteroatoms. The van der Waals surface area contributed by atoms with E-state index in [4.69, 9.17) is 9.47 Å². The van der Waals surface area contributed by atoms with Crippen molar-refractivity contribution in [2.24, 2.45) is 0 Å². The van der Waals surface area contributed by atoms with Crippen LogP contribution in [0.2, 0.25) is 0 Å². The Morgan fingerprint density at radius 2 is 1.73 bits per heavy atom. The second-order valence-corrected chi connectivity index (χ2v) is 8.37. The van der Waals surface area contributed by atoms with Crippen LogP contribution in [0.25, 0.3) is 0 Å². The Bertz CT molecular complexity index is 1380. The fourth-order valence-corrected chi connectivity index (χ4v) is 4.07. The molecule has 0 saturated heterocycles. The monoisotopic (exact) mass is 498 g/mol. The van der Waals surface area contributed by atoms with Gasteiger partial charge in [0.15, 0.2) is 11.5 Å². The van der Waals surface area contributed by atoms with E-state index in [2.05, 4.69) is 15.3 Å². The van der Waals surface area contributed by atoms with Gasteiger partial charge in [-0.2, -0.15) is 0 Å². The van der Waals surface area contributed by atoms with E-state index in [0.717, 1.165) is 5.56 Å². The number of benzene rings is 3. The van der Waals surface area contributed by atoms with Gasteiger partial charge in [0.05, 0.1) is 6.20 Å². The van der Waals surface area contributed by atoms with Crippen LogP contribution in [0.15, 0.2) is 91.4 Å². The van der Waals surface area contributed by atoms with Gasteiger partial charge in [0.2, 0.25) is 12.7 Å². The average Bonchev–Trinajstić information content (AvgIpc) is 3.41. The summed E-state index contributed by atoms with van der Waals surface area (Å²) in [5.74, 6) is -0.222. The summed E-state index contributed by atoms with van der Waals surface area (Å²) in [7, 11) is 0. The number of ether oxygens (including phenoxy) is 2. The van der Waals surface area contributed by atoms with E-state index in [9.17, 15) is 14.0 Å². The number of carbonyl (C=O) groups is 2. The second kappa shape index (κ2) is 10.9. The normalized spacial score (nSPS) is 12.6. The van der Waals surface area contributed by atoms with E-state index in [1.165, 1.54) is 47.8 Å². The van der Waals surface area contributed by atoms with Gasteiger partial charge in [-0.05, 0) is 41.0 Å². The molecule has 1 N–H and O–H groups in total. The molecular weight excluding hydrogens is 475 g/mol. The second-order valence-electron chi connectivity index (χ2n) is 8.37. The van der Waals surface area contributed by atoms with Gasteiger partial charge in [-0.1, -0.05) is 48.5 Å². The number of aromatic nitrogens is 2. The number of carbonyl (C=O) groups excluding carboxylic acids is 2. The summed E-state index contributed by atoms with van der Waals surface area (Å²) < 4.78 is 24.7. The number of amides is 2. The maximum absolute atomic E-state index is 13.8. The number of fused-ring (bicyclic) bond motifs is 1. The standard InChI is InChI=1S/C28H23FN4O4/c29-22-9-7-21(8-10-22)26(27(34)32-15-19-4-2-1-3-5-19)33(28(35)23-16-30-12-13-31-23)17-20-6-11-24-25(14-20)37-18-36-24/h1-14,16,26H,15,17-18H2,(H,32,34)/t26-/m1/s1. The third-order valence-corrected chi connectivity index (χ3v) is 5.89. The number of hydrogen-bond acceptors (Lipinski definition) is 6. The highest BCUT2D eigenvalue weighted by Crippen LogP contribution is 2.34. The summed E-state index contributed by atoms with van der Waals surface area (Å²) in [6, 6.07) is 19.2. The summed E-state index contributed by atoms with van der Waals surface area (Å²) in [5.41, 5.74) is 2.14. The lowest BCUT2D eigenvalue weighted by Gasteiger charge is -2.31. The van der Waals surface area contributed by atoms with Gasteiger partial charge in [-0.3, -0.25) is 14.6 Å². The Kier molecular flexibility index (Phi) is 7.02. The Morgan fingerprint density at radius 3 is 2.49 bits per heavy atom. The number of rotatable bonds is 8. The van der Waals surface area contributed by atoms with Crippen LogP contribution in [-0.2, 0) is 17.9 Å². The molecule has 1 aliphatic rings. The first kappa shape index (κ1) is 23.9. The summed E-state index contributed by atoms with van der Waals surface area (Å²) in [6.07, 6.45) is 4.22. The molecule has 1 aromatic heterocycles. The Hall–Kier alpha value is -4.79. The predicted molar refractivity (Wildman–Crippen MR) is 132 cm³/mol. The number of nitrogens with one attached hydrogen (secondary N) is 1. The molecule has 0 fully saturated rings. The zero-order valence-corrected chi connectivity index (χ0v) is 19.7. The SMILES string of the molecule is O=C(NCc1ccccc1)[C@@H](c1ccc(F)cc1)N(Cc1ccc2c(c1)OCO2)C(=O)c1cnccn1. The molecule has 2 heterocycles. The topological polar surface area (TPSA) is 93.7 Å².